The molecule has 4 nitrogen and oxygen atoms in total. The fourth-order valence-electron chi connectivity index (χ4n) is 1.47. The van der Waals surface area contributed by atoms with Crippen LogP contribution in [0.15, 0.2) is 12.1 Å². The van der Waals surface area contributed by atoms with Crippen LogP contribution in [0.5, 0.6) is 0 Å². The number of amides is 1. The molecule has 98 valence electrons. The van der Waals surface area contributed by atoms with Gasteiger partial charge in [-0.1, -0.05) is 0 Å². The van der Waals surface area contributed by atoms with E-state index in [4.69, 9.17) is 5.11 Å². The minimum Gasteiger partial charge on any atom is -0.478 e. The number of aromatic carboxylic acids is 1. The van der Waals surface area contributed by atoms with Crippen molar-refractivity contribution in [3.63, 3.8) is 0 Å². The van der Waals surface area contributed by atoms with Gasteiger partial charge in [0.2, 0.25) is 0 Å². The minimum absolute atomic E-state index is 0.0256. The lowest BCUT2D eigenvalue weighted by Crippen LogP contribution is -2.30. The highest BCUT2D eigenvalue weighted by Gasteiger charge is 2.39. The van der Waals surface area contributed by atoms with Gasteiger partial charge in [0, 0.05) is 5.69 Å². The van der Waals surface area contributed by atoms with Gasteiger partial charge in [0.1, 0.15) is 0 Å². The Labute approximate surface area is 100 Å². The Morgan fingerprint density at radius 1 is 1.17 bits per heavy atom. The molecule has 0 saturated heterocycles. The van der Waals surface area contributed by atoms with E-state index < -0.39 is 18.1 Å². The molecule has 0 atom stereocenters. The van der Waals surface area contributed by atoms with Crippen molar-refractivity contribution >= 4 is 17.6 Å². The first-order chi connectivity index (χ1) is 8.12. The molecule has 0 fully saturated rings. The highest BCUT2D eigenvalue weighted by molar-refractivity contribution is 5.97. The van der Waals surface area contributed by atoms with Gasteiger partial charge in [-0.15, -0.1) is 0 Å². The summed E-state index contributed by atoms with van der Waals surface area (Å²) in [5, 5.41) is 10.5. The molecule has 18 heavy (non-hydrogen) atoms. The van der Waals surface area contributed by atoms with Crippen molar-refractivity contribution in [2.45, 2.75) is 20.0 Å². The van der Waals surface area contributed by atoms with E-state index in [-0.39, 0.29) is 22.4 Å². The van der Waals surface area contributed by atoms with Crippen LogP contribution >= 0.6 is 0 Å². The zero-order valence-electron chi connectivity index (χ0n) is 9.55. The van der Waals surface area contributed by atoms with Gasteiger partial charge in [-0.25, -0.2) is 4.79 Å². The van der Waals surface area contributed by atoms with Crippen molar-refractivity contribution in [1.82, 2.24) is 0 Å². The summed E-state index contributed by atoms with van der Waals surface area (Å²) >= 11 is 0. The Hall–Kier alpha value is -2.05. The molecule has 7 heteroatoms. The number of carbonyl (C=O) groups excluding carboxylic acids is 1. The van der Waals surface area contributed by atoms with Gasteiger partial charge in [-0.2, -0.15) is 13.2 Å². The van der Waals surface area contributed by atoms with Crippen LogP contribution in [0.4, 0.5) is 18.9 Å². The topological polar surface area (TPSA) is 66.4 Å². The Bertz CT molecular complexity index is 486. The number of halogens is 3. The Morgan fingerprint density at radius 2 is 1.61 bits per heavy atom. The zero-order chi connectivity index (χ0) is 14.1. The predicted octanol–water partition coefficient (Wildman–Crippen LogP) is 2.50. The van der Waals surface area contributed by atoms with Crippen LogP contribution in [0.2, 0.25) is 0 Å². The molecule has 1 rings (SSSR count). The van der Waals surface area contributed by atoms with Crippen LogP contribution in [-0.4, -0.2) is 23.2 Å². The van der Waals surface area contributed by atoms with Gasteiger partial charge in [0.25, 0.3) is 0 Å². The first-order valence-electron chi connectivity index (χ1n) is 4.85. The average molecular weight is 261 g/mol. The number of benzene rings is 1. The maximum atomic E-state index is 12.1. The molecule has 0 unspecified atom stereocenters. The van der Waals surface area contributed by atoms with Crippen LogP contribution < -0.4 is 5.32 Å². The lowest BCUT2D eigenvalue weighted by molar-refractivity contribution is -0.167. The minimum atomic E-state index is -4.98. The summed E-state index contributed by atoms with van der Waals surface area (Å²) < 4.78 is 36.3. The van der Waals surface area contributed by atoms with Crippen LogP contribution in [-0.2, 0) is 4.79 Å². The molecule has 0 aliphatic rings. The molecule has 0 heterocycles. The van der Waals surface area contributed by atoms with Gasteiger partial charge in [0.15, 0.2) is 0 Å². The van der Waals surface area contributed by atoms with Crippen molar-refractivity contribution in [3.05, 3.63) is 28.8 Å². The molecule has 0 spiro atoms. The van der Waals surface area contributed by atoms with Crippen molar-refractivity contribution in [2.75, 3.05) is 5.32 Å². The number of nitrogens with one attached hydrogen (secondary N) is 1. The quantitative estimate of drug-likeness (QED) is 0.859. The summed E-state index contributed by atoms with van der Waals surface area (Å²) in [4.78, 5) is 21.5. The number of alkyl halides is 3. The van der Waals surface area contributed by atoms with Gasteiger partial charge in [-0.3, -0.25) is 4.79 Å². The highest BCUT2D eigenvalue weighted by atomic mass is 19.4. The van der Waals surface area contributed by atoms with E-state index in [1.165, 1.54) is 26.0 Å². The smallest absolute Gasteiger partial charge is 0.471 e. The van der Waals surface area contributed by atoms with E-state index in [0.29, 0.717) is 0 Å². The molecule has 0 aliphatic heterocycles. The van der Waals surface area contributed by atoms with Crippen molar-refractivity contribution < 1.29 is 27.9 Å². The van der Waals surface area contributed by atoms with Crippen LogP contribution in [0.25, 0.3) is 0 Å². The van der Waals surface area contributed by atoms with Crippen LogP contribution in [0, 0.1) is 13.8 Å². The number of rotatable bonds is 2. The van der Waals surface area contributed by atoms with E-state index in [9.17, 15) is 22.8 Å². The number of hydrogen-bond donors (Lipinski definition) is 2. The molecule has 0 aromatic heterocycles. The van der Waals surface area contributed by atoms with Crippen LogP contribution in [0.1, 0.15) is 21.5 Å². The highest BCUT2D eigenvalue weighted by Crippen LogP contribution is 2.25. The van der Waals surface area contributed by atoms with Gasteiger partial charge in [-0.05, 0) is 37.1 Å². The third-order valence-electron chi connectivity index (χ3n) is 2.28. The first-order valence-corrected chi connectivity index (χ1v) is 4.85. The standard InChI is InChI=1S/C11H10F3NO3/c1-5-3-7(9(16)17)4-6(2)8(5)15-10(18)11(12,13)14/h3-4H,1-2H3,(H,15,18)(H,16,17). The second-order valence-electron chi connectivity index (χ2n) is 3.74. The molecule has 2 N–H and O–H groups in total. The van der Waals surface area contributed by atoms with E-state index in [1.807, 2.05) is 0 Å². The summed E-state index contributed by atoms with van der Waals surface area (Å²) in [6.45, 7) is 2.84. The summed E-state index contributed by atoms with van der Waals surface area (Å²) in [6, 6.07) is 2.39. The summed E-state index contributed by atoms with van der Waals surface area (Å²) in [7, 11) is 0. The third-order valence-corrected chi connectivity index (χ3v) is 2.28. The number of aryl methyl sites for hydroxylation is 2. The summed E-state index contributed by atoms with van der Waals surface area (Å²) in [5.41, 5.74) is 0.437. The van der Waals surface area contributed by atoms with Crippen molar-refractivity contribution in [2.24, 2.45) is 0 Å². The van der Waals surface area contributed by atoms with Gasteiger partial charge >= 0.3 is 18.1 Å². The lowest BCUT2D eigenvalue weighted by atomic mass is 10.0. The second-order valence-corrected chi connectivity index (χ2v) is 3.74. The van der Waals surface area contributed by atoms with E-state index in [0.717, 1.165) is 0 Å². The monoisotopic (exact) mass is 261 g/mol. The summed E-state index contributed by atoms with van der Waals surface area (Å²) in [5.74, 6) is -3.27. The van der Waals surface area contributed by atoms with E-state index in [1.54, 1.807) is 5.32 Å². The molecule has 0 saturated carbocycles. The maximum absolute atomic E-state index is 12.1. The fraction of sp³-hybridized carbons (Fsp3) is 0.273. The molecule has 0 aliphatic carbocycles. The Balaban J connectivity index is 3.12. The third kappa shape index (κ3) is 2.99. The van der Waals surface area contributed by atoms with Crippen LogP contribution in [0.3, 0.4) is 0 Å². The fourth-order valence-corrected chi connectivity index (χ4v) is 1.47. The number of carboxylic acids is 1. The van der Waals surface area contributed by atoms with Gasteiger partial charge in [0.05, 0.1) is 5.56 Å². The normalized spacial score (nSPS) is 11.2. The second kappa shape index (κ2) is 4.67. The van der Waals surface area contributed by atoms with E-state index in [2.05, 4.69) is 0 Å². The van der Waals surface area contributed by atoms with Gasteiger partial charge < -0.3 is 10.4 Å². The molecular formula is C11H10F3NO3. The Morgan fingerprint density at radius 3 is 1.94 bits per heavy atom. The lowest BCUT2D eigenvalue weighted by Gasteiger charge is -2.13. The number of carbonyl (C=O) groups is 2. The molecule has 0 radical (unpaired) electrons. The summed E-state index contributed by atoms with van der Waals surface area (Å²) in [6.07, 6.45) is -4.98. The van der Waals surface area contributed by atoms with E-state index >= 15 is 0 Å². The molecular weight excluding hydrogens is 251 g/mol. The van der Waals surface area contributed by atoms with Crippen molar-refractivity contribution in [1.29, 1.82) is 0 Å². The Kier molecular flexibility index (Phi) is 3.64. The zero-order valence-corrected chi connectivity index (χ0v) is 9.55. The molecule has 1 amide bonds. The molecule has 0 bridgehead atoms. The predicted molar refractivity (Wildman–Crippen MR) is 57.6 cm³/mol. The SMILES string of the molecule is Cc1cc(C(=O)O)cc(C)c1NC(=O)C(F)(F)F. The van der Waals surface area contributed by atoms with Crippen molar-refractivity contribution in [3.8, 4) is 0 Å². The maximum Gasteiger partial charge on any atom is 0.471 e. The first kappa shape index (κ1) is 14.0. The number of hydrogen-bond acceptors (Lipinski definition) is 2. The average Bonchev–Trinajstić information content (AvgIpc) is 2.21. The number of anilines is 1. The number of carboxylic acid groups (broad SMARTS) is 1. The molecule has 1 aromatic carbocycles. The molecule has 1 aromatic rings. The largest absolute Gasteiger partial charge is 0.478 e.